The minimum atomic E-state index is -3.28. The van der Waals surface area contributed by atoms with E-state index in [-0.39, 0.29) is 11.5 Å². The first-order chi connectivity index (χ1) is 7.77. The van der Waals surface area contributed by atoms with Crippen molar-refractivity contribution in [2.45, 2.75) is 25.7 Å². The van der Waals surface area contributed by atoms with Crippen LogP contribution in [0.25, 0.3) is 0 Å². The van der Waals surface area contributed by atoms with Gasteiger partial charge in [-0.15, -0.1) is 11.6 Å². The van der Waals surface area contributed by atoms with Crippen molar-refractivity contribution >= 4 is 41.5 Å². The predicted molar refractivity (Wildman–Crippen MR) is 68.6 cm³/mol. The molecule has 0 atom stereocenters. The average Bonchev–Trinajstić information content (AvgIpc) is 2.16. The van der Waals surface area contributed by atoms with Crippen LogP contribution < -0.4 is 0 Å². The summed E-state index contributed by atoms with van der Waals surface area (Å²) in [5, 5.41) is 0. The van der Waals surface area contributed by atoms with Crippen molar-refractivity contribution in [3.8, 4) is 0 Å². The second-order valence-corrected chi connectivity index (χ2v) is 8.46. The zero-order valence-electron chi connectivity index (χ0n) is 9.27. The fourth-order valence-electron chi connectivity index (χ4n) is 0.995. The molecule has 0 aromatic heterocycles. The molecule has 0 bridgehead atoms. The van der Waals surface area contributed by atoms with Crippen molar-refractivity contribution in [2.24, 2.45) is 0 Å². The van der Waals surface area contributed by atoms with E-state index in [2.05, 4.69) is 4.18 Å². The van der Waals surface area contributed by atoms with Crippen LogP contribution in [-0.2, 0) is 23.4 Å². The number of halogens is 2. The highest BCUT2D eigenvalue weighted by Crippen LogP contribution is 2.06. The van der Waals surface area contributed by atoms with E-state index in [1.165, 1.54) is 0 Å². The van der Waals surface area contributed by atoms with E-state index in [1.54, 1.807) is 0 Å². The molecule has 0 aliphatic carbocycles. The third kappa shape index (κ3) is 12.7. The summed E-state index contributed by atoms with van der Waals surface area (Å²) in [7, 11) is -1.47. The van der Waals surface area contributed by atoms with Crippen LogP contribution in [0.1, 0.15) is 25.7 Å². The molecule has 1 aliphatic rings. The molecule has 0 N–H and O–H groups in total. The highest BCUT2D eigenvalue weighted by Gasteiger charge is 2.14. The maximum absolute atomic E-state index is 10.4. The van der Waals surface area contributed by atoms with Gasteiger partial charge in [-0.3, -0.25) is 4.18 Å². The Bertz CT molecular complexity index is 378. The first kappa shape index (κ1) is 17.4. The summed E-state index contributed by atoms with van der Waals surface area (Å²) in [5.74, 6) is 0.723. The van der Waals surface area contributed by atoms with E-state index in [0.717, 1.165) is 12.8 Å². The van der Waals surface area contributed by atoms with Gasteiger partial charge in [-0.1, -0.05) is 0 Å². The van der Waals surface area contributed by atoms with E-state index < -0.39 is 19.2 Å². The van der Waals surface area contributed by atoms with Crippen LogP contribution in [0, 0.1) is 0 Å². The molecule has 1 rings (SSSR count). The molecule has 0 radical (unpaired) electrons. The minimum absolute atomic E-state index is 0.0290. The third-order valence-electron chi connectivity index (χ3n) is 1.82. The Hall–Kier alpha value is 0.440. The molecular formula is C8H16Cl2O5S2. The molecule has 0 spiro atoms. The lowest BCUT2D eigenvalue weighted by molar-refractivity contribution is 0.292. The number of unbranched alkanes of at least 4 members (excludes halogenated alkanes) is 1. The minimum Gasteiger partial charge on any atom is -0.270 e. The molecule has 104 valence electrons. The predicted octanol–water partition coefficient (Wildman–Crippen LogP) is 1.70. The van der Waals surface area contributed by atoms with Gasteiger partial charge in [-0.25, -0.2) is 8.42 Å². The normalized spacial score (nSPS) is 19.2. The Morgan fingerprint density at radius 3 is 2.12 bits per heavy atom. The van der Waals surface area contributed by atoms with Gasteiger partial charge in [0.25, 0.3) is 10.1 Å². The van der Waals surface area contributed by atoms with Crippen LogP contribution in [0.4, 0.5) is 0 Å². The SMILES string of the molecule is O=S(=O)(Cl)CCCCCl.O=S1(=O)CCCCO1. The van der Waals surface area contributed by atoms with Crippen LogP contribution in [0.3, 0.4) is 0 Å². The van der Waals surface area contributed by atoms with Gasteiger partial charge >= 0.3 is 0 Å². The Kier molecular flexibility index (Phi) is 8.75. The fourth-order valence-corrected chi connectivity index (χ4v) is 3.11. The molecule has 1 fully saturated rings. The Labute approximate surface area is 112 Å². The number of alkyl halides is 1. The molecule has 0 aromatic rings. The summed E-state index contributed by atoms with van der Waals surface area (Å²) in [6, 6.07) is 0. The van der Waals surface area contributed by atoms with E-state index in [1.807, 2.05) is 0 Å². The van der Waals surface area contributed by atoms with Crippen molar-refractivity contribution in [1.82, 2.24) is 0 Å². The maximum atomic E-state index is 10.4. The van der Waals surface area contributed by atoms with Crippen molar-refractivity contribution < 1.29 is 21.0 Å². The Morgan fingerprint density at radius 1 is 1.18 bits per heavy atom. The van der Waals surface area contributed by atoms with Crippen molar-refractivity contribution in [3.05, 3.63) is 0 Å². The highest BCUT2D eigenvalue weighted by molar-refractivity contribution is 8.13. The van der Waals surface area contributed by atoms with E-state index in [9.17, 15) is 16.8 Å². The van der Waals surface area contributed by atoms with Crippen molar-refractivity contribution in [2.75, 3.05) is 24.0 Å². The average molecular weight is 327 g/mol. The third-order valence-corrected chi connectivity index (χ3v) is 4.64. The molecule has 0 amide bonds. The lowest BCUT2D eigenvalue weighted by Crippen LogP contribution is -2.17. The van der Waals surface area contributed by atoms with Gasteiger partial charge in [0.2, 0.25) is 9.05 Å². The molecule has 0 aromatic carbocycles. The summed E-state index contributed by atoms with van der Waals surface area (Å²) < 4.78 is 45.8. The largest absolute Gasteiger partial charge is 0.270 e. The Balaban J connectivity index is 0.000000302. The standard InChI is InChI=1S/C4H8Cl2O2S.C4H8O3S/c5-3-1-2-4-9(6,7)8;5-8(6)4-2-1-3-7-8/h1-4H2;1-4H2. The smallest absolute Gasteiger partial charge is 0.267 e. The van der Waals surface area contributed by atoms with Gasteiger partial charge in [0.1, 0.15) is 0 Å². The molecule has 5 nitrogen and oxygen atoms in total. The van der Waals surface area contributed by atoms with E-state index in [4.69, 9.17) is 22.3 Å². The molecule has 9 heteroatoms. The summed E-state index contributed by atoms with van der Waals surface area (Å²) in [4.78, 5) is 0. The number of rotatable bonds is 4. The second-order valence-electron chi connectivity index (χ2n) is 3.43. The maximum Gasteiger partial charge on any atom is 0.267 e. The van der Waals surface area contributed by atoms with Gasteiger partial charge in [-0.05, 0) is 25.7 Å². The molecule has 1 saturated heterocycles. The number of hydrogen-bond acceptors (Lipinski definition) is 5. The second kappa shape index (κ2) is 8.53. The van der Waals surface area contributed by atoms with Gasteiger partial charge in [0.05, 0.1) is 18.1 Å². The zero-order valence-corrected chi connectivity index (χ0v) is 12.4. The topological polar surface area (TPSA) is 77.5 Å². The number of hydrogen-bond donors (Lipinski definition) is 0. The van der Waals surface area contributed by atoms with Gasteiger partial charge < -0.3 is 0 Å². The lowest BCUT2D eigenvalue weighted by Gasteiger charge is -2.09. The van der Waals surface area contributed by atoms with Crippen molar-refractivity contribution in [1.29, 1.82) is 0 Å². The molecule has 1 heterocycles. The first-order valence-electron chi connectivity index (χ1n) is 5.12. The molecule has 0 saturated carbocycles. The monoisotopic (exact) mass is 326 g/mol. The molecule has 0 unspecified atom stereocenters. The first-order valence-corrected chi connectivity index (χ1v) is 9.71. The zero-order chi connectivity index (χ0) is 13.4. The van der Waals surface area contributed by atoms with Crippen LogP contribution >= 0.6 is 22.3 Å². The van der Waals surface area contributed by atoms with Crippen LogP contribution in [0.2, 0.25) is 0 Å². The van der Waals surface area contributed by atoms with Gasteiger partial charge in [0, 0.05) is 16.6 Å². The van der Waals surface area contributed by atoms with E-state index >= 15 is 0 Å². The van der Waals surface area contributed by atoms with Gasteiger partial charge in [-0.2, -0.15) is 8.42 Å². The van der Waals surface area contributed by atoms with Crippen LogP contribution in [-0.4, -0.2) is 40.8 Å². The molecule has 17 heavy (non-hydrogen) atoms. The highest BCUT2D eigenvalue weighted by atomic mass is 35.7. The summed E-state index contributed by atoms with van der Waals surface area (Å²) in [5.41, 5.74) is 0. The summed E-state index contributed by atoms with van der Waals surface area (Å²) >= 11 is 5.29. The van der Waals surface area contributed by atoms with Crippen molar-refractivity contribution in [3.63, 3.8) is 0 Å². The Morgan fingerprint density at radius 2 is 1.82 bits per heavy atom. The van der Waals surface area contributed by atoms with E-state index in [0.29, 0.717) is 25.3 Å². The summed E-state index contributed by atoms with van der Waals surface area (Å²) in [6.45, 7) is 0.377. The van der Waals surface area contributed by atoms with Crippen LogP contribution in [0.5, 0.6) is 0 Å². The molecule has 1 aliphatic heterocycles. The van der Waals surface area contributed by atoms with Crippen LogP contribution in [0.15, 0.2) is 0 Å². The molecular weight excluding hydrogens is 311 g/mol. The summed E-state index contributed by atoms with van der Waals surface area (Å²) in [6.07, 6.45) is 2.88. The fraction of sp³-hybridized carbons (Fsp3) is 1.00. The lowest BCUT2D eigenvalue weighted by atomic mass is 10.4. The quantitative estimate of drug-likeness (QED) is 0.340. The van der Waals surface area contributed by atoms with Gasteiger partial charge in [0.15, 0.2) is 0 Å².